The van der Waals surface area contributed by atoms with E-state index in [1.807, 2.05) is 25.7 Å². The van der Waals surface area contributed by atoms with E-state index in [0.29, 0.717) is 25.2 Å². The summed E-state index contributed by atoms with van der Waals surface area (Å²) in [5.41, 5.74) is -0.462. The first-order chi connectivity index (χ1) is 13.3. The number of nitrogens with zero attached hydrogens (tertiary/aromatic N) is 3. The van der Waals surface area contributed by atoms with Gasteiger partial charge in [-0.25, -0.2) is 4.79 Å². The van der Waals surface area contributed by atoms with Crippen LogP contribution in [-0.2, 0) is 4.74 Å². The van der Waals surface area contributed by atoms with Crippen molar-refractivity contribution in [2.45, 2.75) is 84.4 Å². The number of piperidine rings is 1. The van der Waals surface area contributed by atoms with Crippen molar-refractivity contribution in [2.24, 2.45) is 4.99 Å². The van der Waals surface area contributed by atoms with Crippen molar-refractivity contribution in [3.05, 3.63) is 0 Å². The van der Waals surface area contributed by atoms with Crippen LogP contribution < -0.4 is 10.6 Å². The van der Waals surface area contributed by atoms with Crippen LogP contribution in [0.4, 0.5) is 4.79 Å². The average Bonchev–Trinajstić information content (AvgIpc) is 3.44. The minimum Gasteiger partial charge on any atom is -0.444 e. The number of likely N-dealkylation sites (tertiary alicyclic amines) is 1. The van der Waals surface area contributed by atoms with E-state index in [4.69, 9.17) is 9.73 Å². The molecule has 8 heteroatoms. The summed E-state index contributed by atoms with van der Waals surface area (Å²) in [5.74, 6) is 0.858. The van der Waals surface area contributed by atoms with Crippen molar-refractivity contribution in [3.8, 4) is 0 Å². The number of nitrogens with one attached hydrogen (secondary N) is 2. The van der Waals surface area contributed by atoms with Crippen LogP contribution in [0.3, 0.4) is 0 Å². The molecular formula is C21H42IN5O2. The third-order valence-corrected chi connectivity index (χ3v) is 5.04. The molecule has 0 bridgehead atoms. The van der Waals surface area contributed by atoms with Crippen LogP contribution >= 0.6 is 24.0 Å². The maximum absolute atomic E-state index is 12.5. The van der Waals surface area contributed by atoms with Crippen LogP contribution in [-0.4, -0.2) is 78.8 Å². The van der Waals surface area contributed by atoms with Gasteiger partial charge in [0.05, 0.1) is 6.54 Å². The number of carbonyl (C=O) groups excluding carboxylic acids is 1. The van der Waals surface area contributed by atoms with E-state index in [0.717, 1.165) is 51.3 Å². The topological polar surface area (TPSA) is 69.2 Å². The average molecular weight is 524 g/mol. The fraction of sp³-hybridized carbons (Fsp3) is 0.905. The zero-order valence-electron chi connectivity index (χ0n) is 19.0. The summed E-state index contributed by atoms with van der Waals surface area (Å²) in [7, 11) is 0. The van der Waals surface area contributed by atoms with Gasteiger partial charge in [-0.2, -0.15) is 0 Å². The molecule has 2 aliphatic rings. The van der Waals surface area contributed by atoms with Gasteiger partial charge in [-0.05, 0) is 66.3 Å². The second kappa shape index (κ2) is 12.8. The van der Waals surface area contributed by atoms with Crippen molar-refractivity contribution in [1.82, 2.24) is 20.4 Å². The van der Waals surface area contributed by atoms with Crippen LogP contribution in [0.1, 0.15) is 66.7 Å². The first kappa shape index (κ1) is 26.3. The molecule has 0 atom stereocenters. The molecule has 2 rings (SSSR count). The summed E-state index contributed by atoms with van der Waals surface area (Å²) in [5, 5.41) is 6.93. The van der Waals surface area contributed by atoms with Crippen LogP contribution in [0.25, 0.3) is 0 Å². The molecule has 1 saturated heterocycles. The van der Waals surface area contributed by atoms with Gasteiger partial charge in [0, 0.05) is 38.3 Å². The molecular weight excluding hydrogens is 481 g/mol. The molecule has 1 aliphatic carbocycles. The predicted octanol–water partition coefficient (Wildman–Crippen LogP) is 3.43. The molecule has 1 heterocycles. The lowest BCUT2D eigenvalue weighted by molar-refractivity contribution is 0.0240. The third-order valence-electron chi connectivity index (χ3n) is 5.04. The fourth-order valence-electron chi connectivity index (χ4n) is 3.53. The SMILES string of the molecule is CCCN1CCC(NC(=NCCN(C(=O)OC(C)(C)C)C2CC2)NCC)CC1.I. The number of hydrogen-bond donors (Lipinski definition) is 2. The van der Waals surface area contributed by atoms with E-state index in [2.05, 4.69) is 29.4 Å². The molecule has 170 valence electrons. The van der Waals surface area contributed by atoms with Crippen molar-refractivity contribution < 1.29 is 9.53 Å². The molecule has 2 N–H and O–H groups in total. The summed E-state index contributed by atoms with van der Waals surface area (Å²) in [6, 6.07) is 0.791. The van der Waals surface area contributed by atoms with Gasteiger partial charge in [-0.3, -0.25) is 4.99 Å². The summed E-state index contributed by atoms with van der Waals surface area (Å²) >= 11 is 0. The zero-order valence-corrected chi connectivity index (χ0v) is 21.3. The number of amides is 1. The van der Waals surface area contributed by atoms with Gasteiger partial charge < -0.3 is 25.2 Å². The van der Waals surface area contributed by atoms with Crippen LogP contribution in [0.5, 0.6) is 0 Å². The molecule has 2 fully saturated rings. The lowest BCUT2D eigenvalue weighted by atomic mass is 10.1. The summed E-state index contributed by atoms with van der Waals surface area (Å²) in [6.07, 6.45) is 5.44. The van der Waals surface area contributed by atoms with Crippen LogP contribution in [0.2, 0.25) is 0 Å². The van der Waals surface area contributed by atoms with E-state index in [1.165, 1.54) is 13.0 Å². The molecule has 0 aromatic rings. The van der Waals surface area contributed by atoms with Crippen molar-refractivity contribution >= 4 is 36.0 Å². The number of aliphatic imine (C=N–C) groups is 1. The molecule has 0 aromatic heterocycles. The number of carbonyl (C=O) groups is 1. The highest BCUT2D eigenvalue weighted by atomic mass is 127. The van der Waals surface area contributed by atoms with Gasteiger partial charge in [0.25, 0.3) is 0 Å². The second-order valence-electron chi connectivity index (χ2n) is 8.93. The third kappa shape index (κ3) is 10.2. The summed E-state index contributed by atoms with van der Waals surface area (Å²) < 4.78 is 5.56. The van der Waals surface area contributed by atoms with Crippen LogP contribution in [0, 0.1) is 0 Å². The van der Waals surface area contributed by atoms with Gasteiger partial charge >= 0.3 is 6.09 Å². The van der Waals surface area contributed by atoms with Crippen molar-refractivity contribution in [3.63, 3.8) is 0 Å². The standard InChI is InChI=1S/C21H41N5O2.HI/c1-6-13-25-14-10-17(11-15-25)24-19(22-7-2)23-12-16-26(18-8-9-18)20(27)28-21(3,4)5;/h17-18H,6-16H2,1-5H3,(H2,22,23,24);1H. The Bertz CT molecular complexity index is 512. The van der Waals surface area contributed by atoms with E-state index in [9.17, 15) is 4.79 Å². The minimum absolute atomic E-state index is 0. The first-order valence-corrected chi connectivity index (χ1v) is 11.1. The highest BCUT2D eigenvalue weighted by Gasteiger charge is 2.34. The van der Waals surface area contributed by atoms with Gasteiger partial charge in [0.1, 0.15) is 5.60 Å². The normalized spacial score (nSPS) is 18.7. The largest absolute Gasteiger partial charge is 0.444 e. The van der Waals surface area contributed by atoms with Crippen molar-refractivity contribution in [2.75, 3.05) is 39.3 Å². The number of guanidine groups is 1. The zero-order chi connectivity index (χ0) is 20.6. The maximum Gasteiger partial charge on any atom is 0.410 e. The Kier molecular flexibility index (Phi) is 11.6. The lowest BCUT2D eigenvalue weighted by Crippen LogP contribution is -2.49. The lowest BCUT2D eigenvalue weighted by Gasteiger charge is -2.33. The Morgan fingerprint density at radius 2 is 1.83 bits per heavy atom. The highest BCUT2D eigenvalue weighted by Crippen LogP contribution is 2.28. The monoisotopic (exact) mass is 523 g/mol. The molecule has 0 spiro atoms. The minimum atomic E-state index is -0.462. The molecule has 0 radical (unpaired) electrons. The maximum atomic E-state index is 12.5. The Balaban J connectivity index is 0.00000420. The smallest absolute Gasteiger partial charge is 0.410 e. The molecule has 0 unspecified atom stereocenters. The molecule has 1 amide bonds. The molecule has 0 aromatic carbocycles. The number of hydrogen-bond acceptors (Lipinski definition) is 4. The summed E-state index contributed by atoms with van der Waals surface area (Å²) in [6.45, 7) is 15.6. The van der Waals surface area contributed by atoms with Gasteiger partial charge in [-0.1, -0.05) is 6.92 Å². The van der Waals surface area contributed by atoms with Gasteiger partial charge in [-0.15, -0.1) is 24.0 Å². The molecule has 1 aliphatic heterocycles. The predicted molar refractivity (Wildman–Crippen MR) is 130 cm³/mol. The first-order valence-electron chi connectivity index (χ1n) is 11.1. The molecule has 29 heavy (non-hydrogen) atoms. The number of halogens is 1. The Hall–Kier alpha value is -0.770. The van der Waals surface area contributed by atoms with E-state index in [1.54, 1.807) is 0 Å². The molecule has 7 nitrogen and oxygen atoms in total. The summed E-state index contributed by atoms with van der Waals surface area (Å²) in [4.78, 5) is 21.6. The van der Waals surface area contributed by atoms with E-state index >= 15 is 0 Å². The number of ether oxygens (including phenoxy) is 1. The Morgan fingerprint density at radius 3 is 2.34 bits per heavy atom. The van der Waals surface area contributed by atoms with Crippen LogP contribution in [0.15, 0.2) is 4.99 Å². The van der Waals surface area contributed by atoms with E-state index in [-0.39, 0.29) is 30.1 Å². The van der Waals surface area contributed by atoms with Crippen molar-refractivity contribution in [1.29, 1.82) is 0 Å². The van der Waals surface area contributed by atoms with Gasteiger partial charge in [0.15, 0.2) is 5.96 Å². The Morgan fingerprint density at radius 1 is 1.17 bits per heavy atom. The van der Waals surface area contributed by atoms with E-state index < -0.39 is 5.60 Å². The Labute approximate surface area is 194 Å². The molecule has 1 saturated carbocycles. The van der Waals surface area contributed by atoms with Gasteiger partial charge in [0.2, 0.25) is 0 Å². The second-order valence-corrected chi connectivity index (χ2v) is 8.93. The fourth-order valence-corrected chi connectivity index (χ4v) is 3.53. The highest BCUT2D eigenvalue weighted by molar-refractivity contribution is 14.0. The number of rotatable bonds is 8. The quantitative estimate of drug-likeness (QED) is 0.290.